The average Bonchev–Trinajstić information content (AvgIpc) is 2.41. The number of carbonyl (C=O) groups excluding carboxylic acids is 1. The van der Waals surface area contributed by atoms with Gasteiger partial charge in [0.15, 0.2) is 5.78 Å². The number of aromatic nitrogens is 1. The molecule has 1 heterocycles. The van der Waals surface area contributed by atoms with Crippen molar-refractivity contribution in [1.29, 1.82) is 0 Å². The van der Waals surface area contributed by atoms with Gasteiger partial charge in [-0.25, -0.2) is 0 Å². The number of ether oxygens (including phenoxy) is 1. The molecule has 0 unspecified atom stereocenters. The quantitative estimate of drug-likeness (QED) is 0.808. The van der Waals surface area contributed by atoms with E-state index >= 15 is 0 Å². The lowest BCUT2D eigenvalue weighted by atomic mass is 10.1. The number of carbonyl (C=O) groups is 1. The van der Waals surface area contributed by atoms with Crippen LogP contribution in [-0.2, 0) is 6.42 Å². The Kier molecular flexibility index (Phi) is 4.32. The lowest BCUT2D eigenvalue weighted by Gasteiger charge is -2.07. The fraction of sp³-hybridized carbons (Fsp3) is 0.200. The highest BCUT2D eigenvalue weighted by atomic mass is 79.9. The van der Waals surface area contributed by atoms with Gasteiger partial charge in [0.2, 0.25) is 0 Å². The Morgan fingerprint density at radius 3 is 2.79 bits per heavy atom. The van der Waals surface area contributed by atoms with Gasteiger partial charge in [-0.05, 0) is 42.8 Å². The average molecular weight is 320 g/mol. The number of rotatable bonds is 4. The number of methoxy groups -OCH3 is 1. The first-order valence-corrected chi connectivity index (χ1v) is 6.68. The number of Topliss-reactive ketones (excluding diaryl/α,β-unsaturated/α-hetero) is 1. The molecule has 0 amide bonds. The first-order valence-electron chi connectivity index (χ1n) is 5.89. The molecule has 0 saturated heterocycles. The van der Waals surface area contributed by atoms with Crippen LogP contribution in [0.4, 0.5) is 0 Å². The molecule has 98 valence electrons. The molecule has 1 aromatic heterocycles. The number of hydrogen-bond donors (Lipinski definition) is 0. The zero-order valence-corrected chi connectivity index (χ0v) is 12.4. The first kappa shape index (κ1) is 13.7. The molecule has 0 spiro atoms. The molecule has 0 fully saturated rings. The molecule has 0 aliphatic rings. The first-order chi connectivity index (χ1) is 9.10. The van der Waals surface area contributed by atoms with Gasteiger partial charge >= 0.3 is 0 Å². The second kappa shape index (κ2) is 5.97. The number of ketones is 1. The number of nitrogens with zero attached hydrogens (tertiary/aromatic N) is 1. The van der Waals surface area contributed by atoms with Crippen LogP contribution in [0.2, 0.25) is 0 Å². The Balaban J connectivity index is 2.23. The topological polar surface area (TPSA) is 39.2 Å². The molecule has 2 rings (SSSR count). The van der Waals surface area contributed by atoms with E-state index in [1.165, 1.54) is 0 Å². The number of halogens is 1. The molecular formula is C15H14BrNO2. The molecule has 3 nitrogen and oxygen atoms in total. The Morgan fingerprint density at radius 1 is 1.32 bits per heavy atom. The van der Waals surface area contributed by atoms with Crippen molar-refractivity contribution >= 4 is 21.7 Å². The van der Waals surface area contributed by atoms with Crippen LogP contribution >= 0.6 is 15.9 Å². The van der Waals surface area contributed by atoms with E-state index in [4.69, 9.17) is 4.74 Å². The van der Waals surface area contributed by atoms with E-state index in [9.17, 15) is 4.79 Å². The Labute approximate surface area is 120 Å². The lowest BCUT2D eigenvalue weighted by molar-refractivity contribution is 0.0988. The van der Waals surface area contributed by atoms with Crippen LogP contribution in [0.1, 0.15) is 21.7 Å². The Hall–Kier alpha value is -1.68. The third-order valence-corrected chi connectivity index (χ3v) is 3.55. The molecular weight excluding hydrogens is 306 g/mol. The van der Waals surface area contributed by atoms with Gasteiger partial charge < -0.3 is 4.74 Å². The standard InChI is InChI=1S/C15H14BrNO2/c1-10-4-3-5-14(17-10)15(18)9-11-8-12(19-2)6-7-13(11)16/h3-8H,9H2,1-2H3. The van der Waals surface area contributed by atoms with Crippen molar-refractivity contribution in [1.82, 2.24) is 4.98 Å². The van der Waals surface area contributed by atoms with Gasteiger partial charge in [0, 0.05) is 16.6 Å². The summed E-state index contributed by atoms with van der Waals surface area (Å²) < 4.78 is 6.07. The van der Waals surface area contributed by atoms with Crippen molar-refractivity contribution in [3.8, 4) is 5.75 Å². The third kappa shape index (κ3) is 3.41. The molecule has 0 radical (unpaired) electrons. The zero-order chi connectivity index (χ0) is 13.8. The van der Waals surface area contributed by atoms with Crippen molar-refractivity contribution in [2.24, 2.45) is 0 Å². The van der Waals surface area contributed by atoms with E-state index in [1.54, 1.807) is 13.2 Å². The summed E-state index contributed by atoms with van der Waals surface area (Å²) in [5.74, 6) is 0.737. The zero-order valence-electron chi connectivity index (χ0n) is 10.8. The number of hydrogen-bond acceptors (Lipinski definition) is 3. The van der Waals surface area contributed by atoms with E-state index in [2.05, 4.69) is 20.9 Å². The van der Waals surface area contributed by atoms with E-state index in [0.29, 0.717) is 12.1 Å². The Morgan fingerprint density at radius 2 is 2.11 bits per heavy atom. The molecule has 0 bridgehead atoms. The van der Waals surface area contributed by atoms with Gasteiger partial charge in [0.25, 0.3) is 0 Å². The van der Waals surface area contributed by atoms with E-state index in [-0.39, 0.29) is 5.78 Å². The molecule has 19 heavy (non-hydrogen) atoms. The largest absolute Gasteiger partial charge is 0.497 e. The summed E-state index contributed by atoms with van der Waals surface area (Å²) in [7, 11) is 1.61. The molecule has 0 aliphatic carbocycles. The fourth-order valence-electron chi connectivity index (χ4n) is 1.78. The number of pyridine rings is 1. The van der Waals surface area contributed by atoms with Crippen LogP contribution in [-0.4, -0.2) is 17.9 Å². The van der Waals surface area contributed by atoms with Crippen LogP contribution in [0, 0.1) is 6.92 Å². The van der Waals surface area contributed by atoms with Crippen molar-refractivity contribution in [2.75, 3.05) is 7.11 Å². The number of aryl methyl sites for hydroxylation is 1. The SMILES string of the molecule is COc1ccc(Br)c(CC(=O)c2cccc(C)n2)c1. The van der Waals surface area contributed by atoms with E-state index in [1.807, 2.05) is 37.3 Å². The third-order valence-electron chi connectivity index (χ3n) is 2.78. The summed E-state index contributed by atoms with van der Waals surface area (Å²) in [6.07, 6.45) is 0.300. The van der Waals surface area contributed by atoms with Crippen LogP contribution in [0.3, 0.4) is 0 Å². The summed E-state index contributed by atoms with van der Waals surface area (Å²) in [4.78, 5) is 16.4. The highest BCUT2D eigenvalue weighted by Crippen LogP contribution is 2.23. The maximum atomic E-state index is 12.2. The van der Waals surface area contributed by atoms with Crippen LogP contribution < -0.4 is 4.74 Å². The molecule has 4 heteroatoms. The minimum atomic E-state index is -0.00217. The molecule has 1 aromatic carbocycles. The fourth-order valence-corrected chi connectivity index (χ4v) is 2.16. The monoisotopic (exact) mass is 319 g/mol. The van der Waals surface area contributed by atoms with Gasteiger partial charge in [-0.3, -0.25) is 9.78 Å². The highest BCUT2D eigenvalue weighted by molar-refractivity contribution is 9.10. The van der Waals surface area contributed by atoms with Crippen molar-refractivity contribution in [2.45, 2.75) is 13.3 Å². The summed E-state index contributed by atoms with van der Waals surface area (Å²) in [6.45, 7) is 1.87. The van der Waals surface area contributed by atoms with Gasteiger partial charge in [0.1, 0.15) is 11.4 Å². The van der Waals surface area contributed by atoms with E-state index < -0.39 is 0 Å². The summed E-state index contributed by atoms with van der Waals surface area (Å²) in [6, 6.07) is 11.0. The molecule has 0 N–H and O–H groups in total. The van der Waals surface area contributed by atoms with E-state index in [0.717, 1.165) is 21.5 Å². The van der Waals surface area contributed by atoms with Gasteiger partial charge in [-0.2, -0.15) is 0 Å². The maximum Gasteiger partial charge on any atom is 0.185 e. The Bertz CT molecular complexity index is 611. The van der Waals surface area contributed by atoms with Gasteiger partial charge in [-0.1, -0.05) is 22.0 Å². The predicted octanol–water partition coefficient (Wildman–Crippen LogP) is 3.59. The van der Waals surface area contributed by atoms with Gasteiger partial charge in [-0.15, -0.1) is 0 Å². The van der Waals surface area contributed by atoms with Crippen LogP contribution in [0.5, 0.6) is 5.75 Å². The number of benzene rings is 1. The van der Waals surface area contributed by atoms with Crippen molar-refractivity contribution in [3.63, 3.8) is 0 Å². The second-order valence-electron chi connectivity index (χ2n) is 4.22. The molecule has 0 saturated carbocycles. The molecule has 0 aliphatic heterocycles. The summed E-state index contributed by atoms with van der Waals surface area (Å²) in [5, 5.41) is 0. The molecule has 2 aromatic rings. The second-order valence-corrected chi connectivity index (χ2v) is 5.08. The lowest BCUT2D eigenvalue weighted by Crippen LogP contribution is -2.07. The normalized spacial score (nSPS) is 10.3. The summed E-state index contributed by atoms with van der Waals surface area (Å²) >= 11 is 3.45. The van der Waals surface area contributed by atoms with Gasteiger partial charge in [0.05, 0.1) is 7.11 Å². The molecule has 0 atom stereocenters. The minimum absolute atomic E-state index is 0.00217. The van der Waals surface area contributed by atoms with Crippen LogP contribution in [0.15, 0.2) is 40.9 Å². The van der Waals surface area contributed by atoms with Crippen molar-refractivity contribution in [3.05, 3.63) is 57.8 Å². The van der Waals surface area contributed by atoms with Crippen LogP contribution in [0.25, 0.3) is 0 Å². The smallest absolute Gasteiger partial charge is 0.185 e. The van der Waals surface area contributed by atoms with Crippen molar-refractivity contribution < 1.29 is 9.53 Å². The summed E-state index contributed by atoms with van der Waals surface area (Å²) in [5.41, 5.74) is 2.23. The maximum absolute atomic E-state index is 12.2. The highest BCUT2D eigenvalue weighted by Gasteiger charge is 2.11. The minimum Gasteiger partial charge on any atom is -0.497 e. The predicted molar refractivity (Wildman–Crippen MR) is 77.7 cm³/mol.